The van der Waals surface area contributed by atoms with Crippen molar-refractivity contribution in [2.75, 3.05) is 6.54 Å². The van der Waals surface area contributed by atoms with Crippen LogP contribution in [0.4, 0.5) is 0 Å². The average Bonchev–Trinajstić information content (AvgIpc) is 2.75. The van der Waals surface area contributed by atoms with E-state index in [4.69, 9.17) is 11.6 Å². The van der Waals surface area contributed by atoms with Crippen molar-refractivity contribution < 1.29 is 4.79 Å². The van der Waals surface area contributed by atoms with Gasteiger partial charge in [-0.05, 0) is 12.1 Å². The second-order valence-corrected chi connectivity index (χ2v) is 4.06. The summed E-state index contributed by atoms with van der Waals surface area (Å²) in [6.07, 6.45) is 3.77. The smallest absolute Gasteiger partial charge is 0.254 e. The van der Waals surface area contributed by atoms with E-state index in [-0.39, 0.29) is 11.1 Å². The lowest BCUT2D eigenvalue weighted by atomic mass is 10.2. The van der Waals surface area contributed by atoms with Crippen LogP contribution in [0.15, 0.2) is 24.7 Å². The molecule has 0 radical (unpaired) electrons. The van der Waals surface area contributed by atoms with Crippen LogP contribution in [0, 0.1) is 0 Å². The first-order valence-electron chi connectivity index (χ1n) is 5.40. The van der Waals surface area contributed by atoms with Gasteiger partial charge in [0.1, 0.15) is 17.3 Å². The Kier molecular flexibility index (Phi) is 3.88. The molecule has 0 aliphatic rings. The van der Waals surface area contributed by atoms with E-state index >= 15 is 0 Å². The Hall–Kier alpha value is -1.95. The predicted octanol–water partition coefficient (Wildman–Crippen LogP) is 0.836. The molecule has 6 nitrogen and oxygen atoms in total. The molecule has 7 heteroatoms. The number of nitrogens with one attached hydrogen (secondary N) is 1. The van der Waals surface area contributed by atoms with E-state index < -0.39 is 0 Å². The lowest BCUT2D eigenvalue weighted by Crippen LogP contribution is -2.26. The molecule has 2 aromatic heterocycles. The molecule has 0 unspecified atom stereocenters. The summed E-state index contributed by atoms with van der Waals surface area (Å²) in [7, 11) is 1.86. The van der Waals surface area contributed by atoms with Gasteiger partial charge in [-0.2, -0.15) is 0 Å². The molecule has 2 aromatic rings. The Labute approximate surface area is 109 Å². The number of aryl methyl sites for hydroxylation is 1. The maximum atomic E-state index is 11.8. The van der Waals surface area contributed by atoms with Gasteiger partial charge in [0.25, 0.3) is 5.91 Å². The van der Waals surface area contributed by atoms with Crippen molar-refractivity contribution in [1.29, 1.82) is 0 Å². The topological polar surface area (TPSA) is 72.7 Å². The van der Waals surface area contributed by atoms with Crippen LogP contribution in [0.2, 0.25) is 5.15 Å². The highest BCUT2D eigenvalue weighted by atomic mass is 35.5. The number of pyridine rings is 1. The minimum absolute atomic E-state index is 0.202. The number of carbonyl (C=O) groups excluding carboxylic acids is 1. The first-order valence-corrected chi connectivity index (χ1v) is 5.78. The quantitative estimate of drug-likeness (QED) is 0.832. The second-order valence-electron chi connectivity index (χ2n) is 3.71. The summed E-state index contributed by atoms with van der Waals surface area (Å²) in [5.41, 5.74) is 0.372. The molecular formula is C11H12ClN5O. The van der Waals surface area contributed by atoms with Crippen LogP contribution in [0.25, 0.3) is 0 Å². The number of nitrogens with zero attached hydrogens (tertiary/aromatic N) is 4. The summed E-state index contributed by atoms with van der Waals surface area (Å²) >= 11 is 5.82. The molecule has 0 bridgehead atoms. The van der Waals surface area contributed by atoms with E-state index in [1.165, 1.54) is 0 Å². The van der Waals surface area contributed by atoms with Crippen LogP contribution in [0.1, 0.15) is 16.2 Å². The summed E-state index contributed by atoms with van der Waals surface area (Å²) in [5.74, 6) is 0.572. The molecule has 1 amide bonds. The predicted molar refractivity (Wildman–Crippen MR) is 66.3 cm³/mol. The number of hydrogen-bond donors (Lipinski definition) is 1. The van der Waals surface area contributed by atoms with Crippen molar-refractivity contribution >= 4 is 17.5 Å². The zero-order chi connectivity index (χ0) is 13.0. The molecule has 0 atom stereocenters. The van der Waals surface area contributed by atoms with Crippen molar-refractivity contribution in [1.82, 2.24) is 25.1 Å². The zero-order valence-corrected chi connectivity index (χ0v) is 10.6. The molecule has 0 aliphatic carbocycles. The fraction of sp³-hybridized carbons (Fsp3) is 0.273. The van der Waals surface area contributed by atoms with Gasteiger partial charge in [-0.3, -0.25) is 4.79 Å². The fourth-order valence-corrected chi connectivity index (χ4v) is 1.68. The van der Waals surface area contributed by atoms with Gasteiger partial charge in [-0.25, -0.2) is 4.98 Å². The molecule has 2 heterocycles. The standard InChI is InChI=1S/C11H12ClN5O/c1-17-7-15-16-9(17)4-6-14-11(18)8-3-2-5-13-10(8)12/h2-3,5,7H,4,6H2,1H3,(H,14,18). The number of carbonyl (C=O) groups is 1. The summed E-state index contributed by atoms with van der Waals surface area (Å²) in [6, 6.07) is 3.30. The van der Waals surface area contributed by atoms with E-state index in [1.54, 1.807) is 24.7 Å². The maximum absolute atomic E-state index is 11.8. The van der Waals surface area contributed by atoms with E-state index in [2.05, 4.69) is 20.5 Å². The van der Waals surface area contributed by atoms with Crippen LogP contribution >= 0.6 is 11.6 Å². The molecule has 94 valence electrons. The highest BCUT2D eigenvalue weighted by Crippen LogP contribution is 2.10. The van der Waals surface area contributed by atoms with Crippen LogP contribution in [0.5, 0.6) is 0 Å². The lowest BCUT2D eigenvalue weighted by Gasteiger charge is -2.05. The third-order valence-electron chi connectivity index (χ3n) is 2.44. The Morgan fingerprint density at radius 2 is 2.39 bits per heavy atom. The highest BCUT2D eigenvalue weighted by Gasteiger charge is 2.10. The summed E-state index contributed by atoms with van der Waals surface area (Å²) in [6.45, 7) is 0.469. The van der Waals surface area contributed by atoms with Gasteiger partial charge in [0, 0.05) is 26.2 Å². The molecule has 0 aromatic carbocycles. The van der Waals surface area contributed by atoms with E-state index in [9.17, 15) is 4.79 Å². The largest absolute Gasteiger partial charge is 0.351 e. The van der Waals surface area contributed by atoms with Crippen LogP contribution in [0.3, 0.4) is 0 Å². The van der Waals surface area contributed by atoms with E-state index in [0.29, 0.717) is 18.5 Å². The summed E-state index contributed by atoms with van der Waals surface area (Å²) in [4.78, 5) is 15.7. The Morgan fingerprint density at radius 1 is 1.56 bits per heavy atom. The molecular weight excluding hydrogens is 254 g/mol. The third kappa shape index (κ3) is 2.84. The summed E-state index contributed by atoms with van der Waals surface area (Å²) < 4.78 is 1.81. The lowest BCUT2D eigenvalue weighted by molar-refractivity contribution is 0.0953. The minimum atomic E-state index is -0.240. The molecule has 0 fully saturated rings. The molecule has 0 spiro atoms. The number of halogens is 1. The third-order valence-corrected chi connectivity index (χ3v) is 2.74. The number of rotatable bonds is 4. The number of aromatic nitrogens is 4. The van der Waals surface area contributed by atoms with Gasteiger partial charge in [0.05, 0.1) is 5.56 Å². The van der Waals surface area contributed by atoms with Gasteiger partial charge in [-0.1, -0.05) is 11.6 Å². The maximum Gasteiger partial charge on any atom is 0.254 e. The monoisotopic (exact) mass is 265 g/mol. The van der Waals surface area contributed by atoms with Crippen LogP contribution in [-0.2, 0) is 13.5 Å². The molecule has 1 N–H and O–H groups in total. The van der Waals surface area contributed by atoms with Gasteiger partial charge in [0.2, 0.25) is 0 Å². The Balaban J connectivity index is 1.90. The number of hydrogen-bond acceptors (Lipinski definition) is 4. The van der Waals surface area contributed by atoms with E-state index in [1.807, 2.05) is 11.6 Å². The molecule has 0 aliphatic heterocycles. The molecule has 2 rings (SSSR count). The van der Waals surface area contributed by atoms with Crippen molar-refractivity contribution in [3.8, 4) is 0 Å². The highest BCUT2D eigenvalue weighted by molar-refractivity contribution is 6.32. The van der Waals surface area contributed by atoms with Crippen molar-refractivity contribution in [2.24, 2.45) is 7.05 Å². The second kappa shape index (κ2) is 5.59. The van der Waals surface area contributed by atoms with Crippen molar-refractivity contribution in [3.05, 3.63) is 41.2 Å². The van der Waals surface area contributed by atoms with Crippen LogP contribution in [-0.4, -0.2) is 32.2 Å². The van der Waals surface area contributed by atoms with Gasteiger partial charge >= 0.3 is 0 Å². The molecule has 18 heavy (non-hydrogen) atoms. The fourth-order valence-electron chi connectivity index (χ4n) is 1.47. The summed E-state index contributed by atoms with van der Waals surface area (Å²) in [5, 5.41) is 10.7. The van der Waals surface area contributed by atoms with Crippen molar-refractivity contribution in [2.45, 2.75) is 6.42 Å². The first-order chi connectivity index (χ1) is 8.68. The van der Waals surface area contributed by atoms with E-state index in [0.717, 1.165) is 5.82 Å². The Morgan fingerprint density at radius 3 is 3.06 bits per heavy atom. The van der Waals surface area contributed by atoms with Crippen LogP contribution < -0.4 is 5.32 Å². The SMILES string of the molecule is Cn1cnnc1CCNC(=O)c1cccnc1Cl. The first kappa shape index (κ1) is 12.5. The molecule has 0 saturated heterocycles. The average molecular weight is 266 g/mol. The number of amides is 1. The molecule has 0 saturated carbocycles. The normalized spacial score (nSPS) is 10.3. The van der Waals surface area contributed by atoms with Gasteiger partial charge < -0.3 is 9.88 Å². The Bertz CT molecular complexity index is 554. The minimum Gasteiger partial charge on any atom is -0.351 e. The van der Waals surface area contributed by atoms with Gasteiger partial charge in [-0.15, -0.1) is 10.2 Å². The van der Waals surface area contributed by atoms with Gasteiger partial charge in [0.15, 0.2) is 0 Å². The van der Waals surface area contributed by atoms with Crippen molar-refractivity contribution in [3.63, 3.8) is 0 Å². The zero-order valence-electron chi connectivity index (χ0n) is 9.80.